The summed E-state index contributed by atoms with van der Waals surface area (Å²) in [5, 5.41) is 4.76. The van der Waals surface area contributed by atoms with Crippen LogP contribution in [0.15, 0.2) is 67.1 Å². The molecule has 5 rings (SSSR count). The van der Waals surface area contributed by atoms with Gasteiger partial charge in [0.2, 0.25) is 11.8 Å². The highest BCUT2D eigenvalue weighted by Crippen LogP contribution is 2.25. The molecule has 0 radical (unpaired) electrons. The average Bonchev–Trinajstić information content (AvgIpc) is 3.37. The van der Waals surface area contributed by atoms with Crippen LogP contribution in [0.1, 0.15) is 18.4 Å². The Morgan fingerprint density at radius 1 is 0.943 bits per heavy atom. The van der Waals surface area contributed by atoms with Crippen LogP contribution < -0.4 is 0 Å². The molecule has 0 bridgehead atoms. The Bertz CT molecular complexity index is 1180. The summed E-state index contributed by atoms with van der Waals surface area (Å²) in [4.78, 5) is 33.7. The van der Waals surface area contributed by atoms with Gasteiger partial charge in [0, 0.05) is 67.9 Å². The molecule has 8 heteroatoms. The van der Waals surface area contributed by atoms with Gasteiger partial charge in [-0.05, 0) is 43.2 Å². The van der Waals surface area contributed by atoms with Gasteiger partial charge in [-0.15, -0.1) is 0 Å². The summed E-state index contributed by atoms with van der Waals surface area (Å²) in [6.45, 7) is 3.71. The molecule has 2 aliphatic heterocycles. The fourth-order valence-electron chi connectivity index (χ4n) is 4.60. The molecule has 8 nitrogen and oxygen atoms in total. The number of hydrogen-bond acceptors (Lipinski definition) is 5. The van der Waals surface area contributed by atoms with Crippen molar-refractivity contribution in [2.45, 2.75) is 12.8 Å². The molecular weight excluding hydrogens is 442 g/mol. The molecule has 2 aliphatic rings. The Labute approximate surface area is 204 Å². The SMILES string of the molecule is O=C(/C=C/c1cn(-c2ccccc2)nc1-c1cccnc1)N1CCC(C(=O)N2CCOCC2)CC1. The van der Waals surface area contributed by atoms with E-state index in [4.69, 9.17) is 9.84 Å². The number of para-hydroxylation sites is 1. The number of piperidine rings is 1. The van der Waals surface area contributed by atoms with Crippen molar-refractivity contribution in [2.75, 3.05) is 39.4 Å². The molecule has 0 saturated carbocycles. The summed E-state index contributed by atoms with van der Waals surface area (Å²) in [5.74, 6) is 0.139. The van der Waals surface area contributed by atoms with Gasteiger partial charge >= 0.3 is 0 Å². The van der Waals surface area contributed by atoms with E-state index in [0.717, 1.165) is 22.5 Å². The lowest BCUT2D eigenvalue weighted by molar-refractivity contribution is -0.142. The number of ether oxygens (including phenoxy) is 1. The van der Waals surface area contributed by atoms with Crippen LogP contribution in [0.4, 0.5) is 0 Å². The number of benzene rings is 1. The van der Waals surface area contributed by atoms with Gasteiger partial charge in [-0.2, -0.15) is 5.10 Å². The number of amides is 2. The fraction of sp³-hybridized carbons (Fsp3) is 0.333. The predicted octanol–water partition coefficient (Wildman–Crippen LogP) is 3.04. The molecule has 0 aliphatic carbocycles. The van der Waals surface area contributed by atoms with Crippen molar-refractivity contribution in [1.82, 2.24) is 24.6 Å². The second-order valence-corrected chi connectivity index (χ2v) is 8.83. The minimum absolute atomic E-state index is 0.0117. The van der Waals surface area contributed by atoms with E-state index in [-0.39, 0.29) is 17.7 Å². The first-order valence-electron chi connectivity index (χ1n) is 12.1. The zero-order chi connectivity index (χ0) is 24.0. The van der Waals surface area contributed by atoms with Gasteiger partial charge in [-0.3, -0.25) is 14.6 Å². The number of likely N-dealkylation sites (tertiary alicyclic amines) is 1. The molecule has 2 saturated heterocycles. The molecule has 35 heavy (non-hydrogen) atoms. The van der Waals surface area contributed by atoms with E-state index >= 15 is 0 Å². The summed E-state index contributed by atoms with van der Waals surface area (Å²) < 4.78 is 7.16. The maximum absolute atomic E-state index is 13.0. The van der Waals surface area contributed by atoms with E-state index in [1.54, 1.807) is 18.5 Å². The van der Waals surface area contributed by atoms with Crippen LogP contribution in [-0.2, 0) is 14.3 Å². The second kappa shape index (κ2) is 10.7. The third-order valence-electron chi connectivity index (χ3n) is 6.58. The maximum Gasteiger partial charge on any atom is 0.246 e. The summed E-state index contributed by atoms with van der Waals surface area (Å²) in [6, 6.07) is 13.7. The molecule has 2 fully saturated rings. The first-order valence-corrected chi connectivity index (χ1v) is 12.1. The Morgan fingerprint density at radius 2 is 1.71 bits per heavy atom. The molecule has 0 unspecified atom stereocenters. The van der Waals surface area contributed by atoms with Crippen LogP contribution in [0.5, 0.6) is 0 Å². The Hall–Kier alpha value is -3.78. The number of rotatable bonds is 5. The Kier molecular flexibility index (Phi) is 6.99. The fourth-order valence-corrected chi connectivity index (χ4v) is 4.60. The highest BCUT2D eigenvalue weighted by Gasteiger charge is 2.30. The highest BCUT2D eigenvalue weighted by molar-refractivity contribution is 5.93. The van der Waals surface area contributed by atoms with Crippen molar-refractivity contribution in [3.8, 4) is 16.9 Å². The van der Waals surface area contributed by atoms with Crippen molar-refractivity contribution in [3.05, 3.63) is 72.7 Å². The second-order valence-electron chi connectivity index (χ2n) is 8.83. The van der Waals surface area contributed by atoms with Gasteiger partial charge in [0.15, 0.2) is 0 Å². The van der Waals surface area contributed by atoms with Crippen molar-refractivity contribution in [3.63, 3.8) is 0 Å². The molecule has 0 atom stereocenters. The average molecular weight is 472 g/mol. The van der Waals surface area contributed by atoms with Gasteiger partial charge < -0.3 is 14.5 Å². The van der Waals surface area contributed by atoms with E-state index in [1.807, 2.05) is 69.2 Å². The van der Waals surface area contributed by atoms with Gasteiger partial charge in [0.1, 0.15) is 5.69 Å². The summed E-state index contributed by atoms with van der Waals surface area (Å²) in [6.07, 6.45) is 10.2. The number of nitrogens with zero attached hydrogens (tertiary/aromatic N) is 5. The predicted molar refractivity (Wildman–Crippen MR) is 133 cm³/mol. The quantitative estimate of drug-likeness (QED) is 0.535. The van der Waals surface area contributed by atoms with Gasteiger partial charge in [0.05, 0.1) is 18.9 Å². The van der Waals surface area contributed by atoms with E-state index < -0.39 is 0 Å². The highest BCUT2D eigenvalue weighted by atomic mass is 16.5. The number of aromatic nitrogens is 3. The van der Waals surface area contributed by atoms with Crippen LogP contribution in [0, 0.1) is 5.92 Å². The number of pyridine rings is 1. The number of carbonyl (C=O) groups excluding carboxylic acids is 2. The first-order chi connectivity index (χ1) is 17.2. The van der Waals surface area contributed by atoms with Crippen LogP contribution in [0.3, 0.4) is 0 Å². The lowest BCUT2D eigenvalue weighted by Crippen LogP contribution is -2.47. The summed E-state index contributed by atoms with van der Waals surface area (Å²) in [5.41, 5.74) is 3.43. The third kappa shape index (κ3) is 5.33. The van der Waals surface area contributed by atoms with Gasteiger partial charge in [-0.1, -0.05) is 18.2 Å². The normalized spacial score (nSPS) is 17.1. The molecule has 2 amide bonds. The summed E-state index contributed by atoms with van der Waals surface area (Å²) >= 11 is 0. The number of carbonyl (C=O) groups is 2. The minimum atomic E-state index is -0.0492. The zero-order valence-electron chi connectivity index (χ0n) is 19.6. The molecule has 1 aromatic carbocycles. The topological polar surface area (TPSA) is 80.6 Å². The van der Waals surface area contributed by atoms with Crippen molar-refractivity contribution >= 4 is 17.9 Å². The lowest BCUT2D eigenvalue weighted by atomic mass is 9.95. The molecule has 2 aromatic heterocycles. The van der Waals surface area contributed by atoms with E-state index in [9.17, 15) is 9.59 Å². The van der Waals surface area contributed by atoms with Crippen molar-refractivity contribution < 1.29 is 14.3 Å². The minimum Gasteiger partial charge on any atom is -0.378 e. The Balaban J connectivity index is 1.27. The maximum atomic E-state index is 13.0. The monoisotopic (exact) mass is 471 g/mol. The largest absolute Gasteiger partial charge is 0.378 e. The van der Waals surface area contributed by atoms with Crippen LogP contribution in [-0.4, -0.2) is 75.8 Å². The lowest BCUT2D eigenvalue weighted by Gasteiger charge is -2.35. The van der Waals surface area contributed by atoms with Crippen molar-refractivity contribution in [1.29, 1.82) is 0 Å². The van der Waals surface area contributed by atoms with E-state index in [1.165, 1.54) is 0 Å². The standard InChI is InChI=1S/C27H29N5O3/c33-25(30-13-10-21(11-14-30)27(34)31-15-17-35-18-16-31)9-8-23-20-32(24-6-2-1-3-7-24)29-26(23)22-5-4-12-28-19-22/h1-9,12,19-21H,10-11,13-18H2/b9-8+. The third-order valence-corrected chi connectivity index (χ3v) is 6.58. The number of hydrogen-bond donors (Lipinski definition) is 0. The molecule has 4 heterocycles. The van der Waals surface area contributed by atoms with Crippen LogP contribution in [0.25, 0.3) is 23.0 Å². The van der Waals surface area contributed by atoms with E-state index in [0.29, 0.717) is 52.2 Å². The molecular formula is C27H29N5O3. The zero-order valence-corrected chi connectivity index (χ0v) is 19.6. The van der Waals surface area contributed by atoms with Crippen LogP contribution in [0.2, 0.25) is 0 Å². The van der Waals surface area contributed by atoms with E-state index in [2.05, 4.69) is 4.98 Å². The molecule has 0 spiro atoms. The smallest absolute Gasteiger partial charge is 0.246 e. The molecule has 180 valence electrons. The van der Waals surface area contributed by atoms with Crippen LogP contribution >= 0.6 is 0 Å². The van der Waals surface area contributed by atoms with Gasteiger partial charge in [-0.25, -0.2) is 4.68 Å². The summed E-state index contributed by atoms with van der Waals surface area (Å²) in [7, 11) is 0. The molecule has 0 N–H and O–H groups in total. The molecule has 3 aromatic rings. The first kappa shape index (κ1) is 23.0. The van der Waals surface area contributed by atoms with Gasteiger partial charge in [0.25, 0.3) is 0 Å². The van der Waals surface area contributed by atoms with Crippen molar-refractivity contribution in [2.24, 2.45) is 5.92 Å². The Morgan fingerprint density at radius 3 is 2.43 bits per heavy atom. The number of morpholine rings is 1.